The van der Waals surface area contributed by atoms with Crippen LogP contribution in [0.2, 0.25) is 0 Å². The van der Waals surface area contributed by atoms with Crippen molar-refractivity contribution in [3.05, 3.63) is 23.5 Å². The van der Waals surface area contributed by atoms with Crippen LogP contribution in [-0.4, -0.2) is 30.6 Å². The van der Waals surface area contributed by atoms with E-state index in [2.05, 4.69) is 4.98 Å². The van der Waals surface area contributed by atoms with Crippen molar-refractivity contribution in [2.45, 2.75) is 32.4 Å². The number of hydrogen-bond donors (Lipinski definition) is 0. The fourth-order valence-electron chi connectivity index (χ4n) is 1.88. The number of hydrogen-bond acceptors (Lipinski definition) is 4. The number of pyridine rings is 1. The van der Waals surface area contributed by atoms with Crippen molar-refractivity contribution in [3.63, 3.8) is 0 Å². The van der Waals surface area contributed by atoms with Crippen molar-refractivity contribution in [2.75, 3.05) is 19.8 Å². The molecular weight excluding hydrogens is 266 g/mol. The Morgan fingerprint density at radius 2 is 2.11 bits per heavy atom. The van der Waals surface area contributed by atoms with E-state index in [1.165, 1.54) is 0 Å². The summed E-state index contributed by atoms with van der Waals surface area (Å²) in [5.74, 6) is 0.998. The van der Waals surface area contributed by atoms with E-state index < -0.39 is 5.79 Å². The molecule has 1 aromatic rings. The molecule has 2 heterocycles. The van der Waals surface area contributed by atoms with E-state index in [0.29, 0.717) is 25.7 Å². The molecule has 0 N–H and O–H groups in total. The molecule has 19 heavy (non-hydrogen) atoms. The summed E-state index contributed by atoms with van der Waals surface area (Å²) < 4.78 is 17.0. The minimum atomic E-state index is -0.477. The van der Waals surface area contributed by atoms with Gasteiger partial charge in [0, 0.05) is 17.7 Å². The zero-order valence-corrected chi connectivity index (χ0v) is 12.4. The van der Waals surface area contributed by atoms with Gasteiger partial charge in [-0.15, -0.1) is 11.6 Å². The number of aromatic nitrogens is 1. The quantitative estimate of drug-likeness (QED) is 0.798. The molecule has 0 bridgehead atoms. The maximum atomic E-state index is 5.83. The van der Waals surface area contributed by atoms with Crippen molar-refractivity contribution in [1.29, 1.82) is 0 Å². The highest BCUT2D eigenvalue weighted by molar-refractivity contribution is 6.17. The zero-order chi connectivity index (χ0) is 13.9. The van der Waals surface area contributed by atoms with Crippen LogP contribution in [-0.2, 0) is 15.4 Å². The van der Waals surface area contributed by atoms with Gasteiger partial charge in [-0.3, -0.25) is 4.98 Å². The molecule has 0 amide bonds. The van der Waals surface area contributed by atoms with Crippen LogP contribution in [0.4, 0.5) is 0 Å². The number of halogens is 1. The Kier molecular flexibility index (Phi) is 4.66. The molecule has 1 aliphatic heterocycles. The second kappa shape index (κ2) is 6.07. The third-order valence-electron chi connectivity index (χ3n) is 3.19. The van der Waals surface area contributed by atoms with Crippen LogP contribution in [0.3, 0.4) is 0 Å². The van der Waals surface area contributed by atoms with Crippen LogP contribution in [0.1, 0.15) is 25.1 Å². The second-order valence-electron chi connectivity index (χ2n) is 5.21. The predicted molar refractivity (Wildman–Crippen MR) is 73.5 cm³/mol. The normalized spacial score (nSPS) is 19.4. The van der Waals surface area contributed by atoms with Gasteiger partial charge in [0.2, 0.25) is 0 Å². The molecule has 0 atom stereocenters. The van der Waals surface area contributed by atoms with E-state index in [-0.39, 0.29) is 5.92 Å². The van der Waals surface area contributed by atoms with Gasteiger partial charge in [0.15, 0.2) is 5.79 Å². The molecule has 106 valence electrons. The lowest BCUT2D eigenvalue weighted by Gasteiger charge is -2.34. The van der Waals surface area contributed by atoms with Gasteiger partial charge in [-0.25, -0.2) is 0 Å². The molecule has 0 saturated carbocycles. The van der Waals surface area contributed by atoms with Gasteiger partial charge < -0.3 is 14.2 Å². The van der Waals surface area contributed by atoms with Gasteiger partial charge in [-0.1, -0.05) is 0 Å². The average molecular weight is 286 g/mol. The van der Waals surface area contributed by atoms with Crippen LogP contribution in [0.15, 0.2) is 12.3 Å². The Morgan fingerprint density at radius 3 is 2.74 bits per heavy atom. The summed E-state index contributed by atoms with van der Waals surface area (Å²) in [6, 6.07) is 1.86. The standard InChI is InChI=1S/C14H20ClNO3/c1-10-12(6-15)16-5-4-13(10)17-7-11-8-18-14(2,3)19-9-11/h4-5,11H,6-9H2,1-3H3. The lowest BCUT2D eigenvalue weighted by atomic mass is 10.1. The molecule has 1 aromatic heterocycles. The molecule has 0 unspecified atom stereocenters. The molecule has 1 fully saturated rings. The molecule has 0 aliphatic carbocycles. The number of nitrogens with zero attached hydrogens (tertiary/aromatic N) is 1. The van der Waals surface area contributed by atoms with Gasteiger partial charge in [0.1, 0.15) is 5.75 Å². The Hall–Kier alpha value is -0.840. The SMILES string of the molecule is Cc1c(OCC2COC(C)(C)OC2)ccnc1CCl. The van der Waals surface area contributed by atoms with Crippen molar-refractivity contribution >= 4 is 11.6 Å². The molecule has 1 saturated heterocycles. The first-order valence-corrected chi connectivity index (χ1v) is 6.96. The van der Waals surface area contributed by atoms with E-state index in [1.807, 2.05) is 26.8 Å². The minimum absolute atomic E-state index is 0.250. The molecular formula is C14H20ClNO3. The van der Waals surface area contributed by atoms with Gasteiger partial charge >= 0.3 is 0 Å². The van der Waals surface area contributed by atoms with Crippen LogP contribution in [0.25, 0.3) is 0 Å². The number of rotatable bonds is 4. The average Bonchev–Trinajstić information content (AvgIpc) is 2.39. The highest BCUT2D eigenvalue weighted by Crippen LogP contribution is 2.24. The van der Waals surface area contributed by atoms with Crippen molar-refractivity contribution in [2.24, 2.45) is 5.92 Å². The molecule has 5 heteroatoms. The summed E-state index contributed by atoms with van der Waals surface area (Å²) in [5.41, 5.74) is 1.85. The van der Waals surface area contributed by atoms with Gasteiger partial charge in [-0.05, 0) is 26.8 Å². The van der Waals surface area contributed by atoms with E-state index in [1.54, 1.807) is 6.20 Å². The Balaban J connectivity index is 1.89. The maximum absolute atomic E-state index is 5.83. The van der Waals surface area contributed by atoms with Gasteiger partial charge in [-0.2, -0.15) is 0 Å². The van der Waals surface area contributed by atoms with E-state index >= 15 is 0 Å². The van der Waals surface area contributed by atoms with Crippen molar-refractivity contribution < 1.29 is 14.2 Å². The topological polar surface area (TPSA) is 40.6 Å². The summed E-state index contributed by atoms with van der Waals surface area (Å²) in [5, 5.41) is 0. The maximum Gasteiger partial charge on any atom is 0.162 e. The fraction of sp³-hybridized carbons (Fsp3) is 0.643. The Bertz CT molecular complexity index is 427. The van der Waals surface area contributed by atoms with Crippen molar-refractivity contribution in [3.8, 4) is 5.75 Å². The summed E-state index contributed by atoms with van der Waals surface area (Å²) in [4.78, 5) is 4.21. The van der Waals surface area contributed by atoms with E-state index in [9.17, 15) is 0 Å². The Morgan fingerprint density at radius 1 is 1.42 bits per heavy atom. The second-order valence-corrected chi connectivity index (χ2v) is 5.48. The van der Waals surface area contributed by atoms with Crippen molar-refractivity contribution in [1.82, 2.24) is 4.98 Å². The first kappa shape index (κ1) is 14.6. The molecule has 0 spiro atoms. The highest BCUT2D eigenvalue weighted by Gasteiger charge is 2.28. The first-order valence-electron chi connectivity index (χ1n) is 6.43. The van der Waals surface area contributed by atoms with Crippen LogP contribution in [0, 0.1) is 12.8 Å². The van der Waals surface area contributed by atoms with Crippen LogP contribution in [0.5, 0.6) is 5.75 Å². The zero-order valence-electron chi connectivity index (χ0n) is 11.6. The smallest absolute Gasteiger partial charge is 0.162 e. The van der Waals surface area contributed by atoms with E-state index in [4.69, 9.17) is 25.8 Å². The Labute approximate surface area is 119 Å². The lowest BCUT2D eigenvalue weighted by molar-refractivity contribution is -0.264. The molecule has 0 radical (unpaired) electrons. The van der Waals surface area contributed by atoms with Crippen LogP contribution < -0.4 is 4.74 Å². The predicted octanol–water partition coefficient (Wildman–Crippen LogP) is 2.91. The number of ether oxygens (including phenoxy) is 3. The number of alkyl halides is 1. The highest BCUT2D eigenvalue weighted by atomic mass is 35.5. The molecule has 1 aliphatic rings. The van der Waals surface area contributed by atoms with Crippen LogP contribution >= 0.6 is 11.6 Å². The molecule has 4 nitrogen and oxygen atoms in total. The molecule has 0 aromatic carbocycles. The van der Waals surface area contributed by atoms with E-state index in [0.717, 1.165) is 17.0 Å². The summed E-state index contributed by atoms with van der Waals surface area (Å²) >= 11 is 5.83. The molecule has 2 rings (SSSR count). The third kappa shape index (κ3) is 3.81. The first-order chi connectivity index (χ1) is 9.02. The fourth-order valence-corrected chi connectivity index (χ4v) is 2.15. The van der Waals surface area contributed by atoms with Gasteiger partial charge in [0.25, 0.3) is 0 Å². The third-order valence-corrected chi connectivity index (χ3v) is 3.45. The summed E-state index contributed by atoms with van der Waals surface area (Å²) in [6.45, 7) is 7.69. The largest absolute Gasteiger partial charge is 0.493 e. The monoisotopic (exact) mass is 285 g/mol. The minimum Gasteiger partial charge on any atom is -0.493 e. The lowest BCUT2D eigenvalue weighted by Crippen LogP contribution is -2.41. The van der Waals surface area contributed by atoms with Gasteiger partial charge in [0.05, 0.1) is 31.4 Å². The summed E-state index contributed by atoms with van der Waals surface area (Å²) in [6.07, 6.45) is 1.72. The summed E-state index contributed by atoms with van der Waals surface area (Å²) in [7, 11) is 0.